The van der Waals surface area contributed by atoms with E-state index in [0.717, 1.165) is 31.1 Å². The number of halogens is 2. The third-order valence-electron chi connectivity index (χ3n) is 4.58. The van der Waals surface area contributed by atoms with Gasteiger partial charge in [-0.2, -0.15) is 0 Å². The highest BCUT2D eigenvalue weighted by atomic mass is 35.5. The summed E-state index contributed by atoms with van der Waals surface area (Å²) in [5.41, 5.74) is 7.03. The topological polar surface area (TPSA) is 49.5 Å². The molecular weight excluding hydrogens is 279 g/mol. The molecule has 3 atom stereocenters. The Kier molecular flexibility index (Phi) is 4.89. The SMILES string of the molecule is Cl.NC1CCCC2CN(Cc3cc(O)cc(F)c3)CC12. The van der Waals surface area contributed by atoms with Crippen molar-refractivity contribution in [2.75, 3.05) is 13.1 Å². The van der Waals surface area contributed by atoms with E-state index in [1.807, 2.05) is 0 Å². The Morgan fingerprint density at radius 2 is 2.05 bits per heavy atom. The van der Waals surface area contributed by atoms with Gasteiger partial charge in [0.1, 0.15) is 11.6 Å². The van der Waals surface area contributed by atoms with E-state index >= 15 is 0 Å². The summed E-state index contributed by atoms with van der Waals surface area (Å²) in [6.45, 7) is 2.75. The number of nitrogens with two attached hydrogens (primary N) is 1. The maximum absolute atomic E-state index is 13.3. The van der Waals surface area contributed by atoms with Crippen LogP contribution >= 0.6 is 12.4 Å². The second-order valence-corrected chi connectivity index (χ2v) is 6.03. The van der Waals surface area contributed by atoms with Crippen LogP contribution < -0.4 is 5.73 Å². The van der Waals surface area contributed by atoms with E-state index in [2.05, 4.69) is 4.90 Å². The van der Waals surface area contributed by atoms with Gasteiger partial charge in [-0.1, -0.05) is 6.42 Å². The molecular formula is C15H22ClFN2O. The van der Waals surface area contributed by atoms with Crippen molar-refractivity contribution in [3.05, 3.63) is 29.6 Å². The molecule has 3 rings (SSSR count). The fourth-order valence-corrected chi connectivity index (χ4v) is 3.72. The number of hydrogen-bond donors (Lipinski definition) is 2. The first-order valence-electron chi connectivity index (χ1n) is 7.08. The predicted octanol–water partition coefficient (Wildman–Crippen LogP) is 2.51. The third-order valence-corrected chi connectivity index (χ3v) is 4.58. The van der Waals surface area contributed by atoms with Gasteiger partial charge in [0.2, 0.25) is 0 Å². The Labute approximate surface area is 125 Å². The molecule has 1 aliphatic carbocycles. The van der Waals surface area contributed by atoms with Crippen LogP contribution in [-0.4, -0.2) is 29.1 Å². The van der Waals surface area contributed by atoms with Crippen LogP contribution in [0.15, 0.2) is 18.2 Å². The Hall–Kier alpha value is -0.840. The smallest absolute Gasteiger partial charge is 0.127 e. The van der Waals surface area contributed by atoms with E-state index in [1.165, 1.54) is 18.9 Å². The Bertz CT molecular complexity index is 451. The highest BCUT2D eigenvalue weighted by Gasteiger charge is 2.38. The lowest BCUT2D eigenvalue weighted by atomic mass is 9.78. The van der Waals surface area contributed by atoms with Gasteiger partial charge in [0.05, 0.1) is 0 Å². The summed E-state index contributed by atoms with van der Waals surface area (Å²) >= 11 is 0. The summed E-state index contributed by atoms with van der Waals surface area (Å²) in [6, 6.07) is 4.61. The monoisotopic (exact) mass is 300 g/mol. The van der Waals surface area contributed by atoms with Gasteiger partial charge in [-0.3, -0.25) is 4.90 Å². The molecule has 20 heavy (non-hydrogen) atoms. The second-order valence-electron chi connectivity index (χ2n) is 6.03. The zero-order valence-corrected chi connectivity index (χ0v) is 12.3. The molecule has 2 aliphatic rings. The normalized spacial score (nSPS) is 29.8. The Morgan fingerprint density at radius 1 is 1.25 bits per heavy atom. The van der Waals surface area contributed by atoms with E-state index in [1.54, 1.807) is 6.07 Å². The van der Waals surface area contributed by atoms with Crippen molar-refractivity contribution >= 4 is 12.4 Å². The average molecular weight is 301 g/mol. The fraction of sp³-hybridized carbons (Fsp3) is 0.600. The van der Waals surface area contributed by atoms with Crippen LogP contribution in [0.25, 0.3) is 0 Å². The number of likely N-dealkylation sites (tertiary alicyclic amines) is 1. The lowest BCUT2D eigenvalue weighted by Gasteiger charge is -2.29. The number of phenols is 1. The summed E-state index contributed by atoms with van der Waals surface area (Å²) in [5.74, 6) is 0.924. The average Bonchev–Trinajstić information content (AvgIpc) is 2.71. The van der Waals surface area contributed by atoms with E-state index < -0.39 is 0 Å². The predicted molar refractivity (Wildman–Crippen MR) is 79.4 cm³/mol. The summed E-state index contributed by atoms with van der Waals surface area (Å²) in [7, 11) is 0. The molecule has 1 aromatic carbocycles. The Balaban J connectivity index is 0.00000147. The summed E-state index contributed by atoms with van der Waals surface area (Å²) in [4.78, 5) is 2.34. The van der Waals surface area contributed by atoms with Crippen molar-refractivity contribution in [2.24, 2.45) is 17.6 Å². The quantitative estimate of drug-likeness (QED) is 0.882. The molecule has 0 bridgehead atoms. The van der Waals surface area contributed by atoms with Crippen LogP contribution in [0.4, 0.5) is 4.39 Å². The molecule has 0 radical (unpaired) electrons. The highest BCUT2D eigenvalue weighted by molar-refractivity contribution is 5.85. The van der Waals surface area contributed by atoms with Gasteiger partial charge in [-0.25, -0.2) is 4.39 Å². The maximum Gasteiger partial charge on any atom is 0.127 e. The van der Waals surface area contributed by atoms with E-state index in [-0.39, 0.29) is 24.0 Å². The zero-order valence-electron chi connectivity index (χ0n) is 11.5. The van der Waals surface area contributed by atoms with Gasteiger partial charge in [0.25, 0.3) is 0 Å². The molecule has 5 heteroatoms. The van der Waals surface area contributed by atoms with Crippen LogP contribution in [0.1, 0.15) is 24.8 Å². The van der Waals surface area contributed by atoms with Crippen molar-refractivity contribution in [3.8, 4) is 5.75 Å². The minimum atomic E-state index is -0.372. The first kappa shape index (κ1) is 15.5. The van der Waals surface area contributed by atoms with Gasteiger partial charge < -0.3 is 10.8 Å². The van der Waals surface area contributed by atoms with Gasteiger partial charge in [0.15, 0.2) is 0 Å². The van der Waals surface area contributed by atoms with Crippen molar-refractivity contribution in [1.82, 2.24) is 4.90 Å². The minimum absolute atomic E-state index is 0. The van der Waals surface area contributed by atoms with Crippen molar-refractivity contribution in [3.63, 3.8) is 0 Å². The molecule has 0 amide bonds. The molecule has 3 N–H and O–H groups in total. The van der Waals surface area contributed by atoms with E-state index in [0.29, 0.717) is 24.4 Å². The third kappa shape index (κ3) is 3.25. The molecule has 0 spiro atoms. The van der Waals surface area contributed by atoms with Crippen LogP contribution in [0.3, 0.4) is 0 Å². The standard InChI is InChI=1S/C15H21FN2O.ClH/c16-12-4-10(5-13(19)6-12)7-18-8-11-2-1-3-15(17)14(11)9-18;/h4-6,11,14-15,19H,1-3,7-9,17H2;1H. The van der Waals surface area contributed by atoms with Crippen LogP contribution in [-0.2, 0) is 6.54 Å². The minimum Gasteiger partial charge on any atom is -0.508 e. The van der Waals surface area contributed by atoms with Crippen LogP contribution in [0.2, 0.25) is 0 Å². The molecule has 3 unspecified atom stereocenters. The molecule has 2 fully saturated rings. The lowest BCUT2D eigenvalue weighted by Crippen LogP contribution is -2.38. The number of nitrogens with zero attached hydrogens (tertiary/aromatic N) is 1. The lowest BCUT2D eigenvalue weighted by molar-refractivity contribution is 0.259. The van der Waals surface area contributed by atoms with Crippen LogP contribution in [0.5, 0.6) is 5.75 Å². The maximum atomic E-state index is 13.3. The zero-order chi connectivity index (χ0) is 13.4. The number of hydrogen-bond acceptors (Lipinski definition) is 3. The largest absolute Gasteiger partial charge is 0.508 e. The molecule has 3 nitrogen and oxygen atoms in total. The molecule has 1 saturated carbocycles. The van der Waals surface area contributed by atoms with Gasteiger partial charge in [0, 0.05) is 31.7 Å². The number of benzene rings is 1. The molecule has 1 aromatic rings. The molecule has 0 aromatic heterocycles. The van der Waals surface area contributed by atoms with Crippen molar-refractivity contribution in [2.45, 2.75) is 31.8 Å². The number of phenolic OH excluding ortho intramolecular Hbond substituents is 1. The summed E-state index contributed by atoms with van der Waals surface area (Å²) < 4.78 is 13.3. The first-order chi connectivity index (χ1) is 9.11. The van der Waals surface area contributed by atoms with Gasteiger partial charge in [-0.05, 0) is 42.4 Å². The van der Waals surface area contributed by atoms with E-state index in [4.69, 9.17) is 5.73 Å². The van der Waals surface area contributed by atoms with Gasteiger partial charge >= 0.3 is 0 Å². The van der Waals surface area contributed by atoms with Gasteiger partial charge in [-0.15, -0.1) is 12.4 Å². The number of fused-ring (bicyclic) bond motifs is 1. The van der Waals surface area contributed by atoms with Crippen LogP contribution in [0, 0.1) is 17.7 Å². The number of aromatic hydroxyl groups is 1. The highest BCUT2D eigenvalue weighted by Crippen LogP contribution is 2.36. The molecule has 112 valence electrons. The van der Waals surface area contributed by atoms with Crippen molar-refractivity contribution in [1.29, 1.82) is 0 Å². The number of rotatable bonds is 2. The molecule has 1 aliphatic heterocycles. The fourth-order valence-electron chi connectivity index (χ4n) is 3.72. The van der Waals surface area contributed by atoms with Crippen molar-refractivity contribution < 1.29 is 9.50 Å². The molecule has 1 heterocycles. The Morgan fingerprint density at radius 3 is 2.75 bits per heavy atom. The van der Waals surface area contributed by atoms with E-state index in [9.17, 15) is 9.50 Å². The molecule has 1 saturated heterocycles. The first-order valence-corrected chi connectivity index (χ1v) is 7.08. The summed E-state index contributed by atoms with van der Waals surface area (Å²) in [6.07, 6.45) is 3.63. The second kappa shape index (κ2) is 6.29. The summed E-state index contributed by atoms with van der Waals surface area (Å²) in [5, 5.41) is 9.44.